The third kappa shape index (κ3) is 20.4. The Hall–Kier alpha value is -3.19. The number of carbonyl (C=O) groups is 4. The number of unbranched alkanes of at least 4 members (excludes halogenated alkanes) is 14. The average molecular weight is 631 g/mol. The lowest BCUT2D eigenvalue weighted by atomic mass is 9.96. The SMILES string of the molecule is CCCCCCCCCCCCCCCCCC(=O)NS(=O)(=O)c1ccc(N)cc1.O=C(O)CC(O)(CC(=O)O)C(=O)O. The van der Waals surface area contributed by atoms with Gasteiger partial charge in [-0.1, -0.05) is 96.8 Å². The highest BCUT2D eigenvalue weighted by Crippen LogP contribution is 2.16. The van der Waals surface area contributed by atoms with Gasteiger partial charge < -0.3 is 26.2 Å². The van der Waals surface area contributed by atoms with Crippen LogP contribution in [0.3, 0.4) is 0 Å². The zero-order chi connectivity index (χ0) is 32.7. The summed E-state index contributed by atoms with van der Waals surface area (Å²) in [4.78, 5) is 42.5. The molecule has 0 radical (unpaired) electrons. The van der Waals surface area contributed by atoms with Crippen LogP contribution in [0.2, 0.25) is 0 Å². The molecule has 0 aromatic heterocycles. The van der Waals surface area contributed by atoms with Gasteiger partial charge >= 0.3 is 17.9 Å². The first-order valence-corrected chi connectivity index (χ1v) is 16.5. The molecule has 246 valence electrons. The van der Waals surface area contributed by atoms with Crippen LogP contribution in [0.25, 0.3) is 0 Å². The minimum absolute atomic E-state index is 0.0570. The van der Waals surface area contributed by atoms with E-state index in [9.17, 15) is 27.6 Å². The largest absolute Gasteiger partial charge is 0.481 e. The molecular weight excluding hydrogens is 580 g/mol. The van der Waals surface area contributed by atoms with Crippen molar-refractivity contribution in [2.45, 2.75) is 133 Å². The molecule has 1 rings (SSSR count). The number of hydrogen-bond donors (Lipinski definition) is 6. The summed E-state index contributed by atoms with van der Waals surface area (Å²) in [6.07, 6.45) is 16.9. The van der Waals surface area contributed by atoms with E-state index in [-0.39, 0.29) is 11.3 Å². The molecule has 13 heteroatoms. The number of sulfonamides is 1. The van der Waals surface area contributed by atoms with E-state index in [4.69, 9.17) is 26.2 Å². The summed E-state index contributed by atoms with van der Waals surface area (Å²) in [7, 11) is -3.80. The van der Waals surface area contributed by atoms with E-state index < -0.39 is 52.3 Å². The minimum Gasteiger partial charge on any atom is -0.481 e. The van der Waals surface area contributed by atoms with Crippen molar-refractivity contribution in [3.05, 3.63) is 24.3 Å². The molecule has 0 saturated heterocycles. The van der Waals surface area contributed by atoms with Crippen molar-refractivity contribution >= 4 is 39.5 Å². The van der Waals surface area contributed by atoms with Crippen LogP contribution >= 0.6 is 0 Å². The molecule has 0 fully saturated rings. The zero-order valence-corrected chi connectivity index (χ0v) is 26.1. The molecule has 1 amide bonds. The highest BCUT2D eigenvalue weighted by Gasteiger charge is 2.40. The van der Waals surface area contributed by atoms with Gasteiger partial charge in [0, 0.05) is 12.1 Å². The number of aliphatic carboxylic acids is 3. The van der Waals surface area contributed by atoms with Crippen molar-refractivity contribution < 1.29 is 48.0 Å². The molecule has 7 N–H and O–H groups in total. The van der Waals surface area contributed by atoms with Gasteiger partial charge in [0.05, 0.1) is 17.7 Å². The van der Waals surface area contributed by atoms with E-state index in [1.54, 1.807) is 0 Å². The van der Waals surface area contributed by atoms with Gasteiger partial charge in [-0.15, -0.1) is 0 Å². The maximum Gasteiger partial charge on any atom is 0.336 e. The smallest absolute Gasteiger partial charge is 0.336 e. The Bertz CT molecular complexity index is 1060. The lowest BCUT2D eigenvalue weighted by Gasteiger charge is -2.18. The van der Waals surface area contributed by atoms with Crippen LogP contribution in [0.4, 0.5) is 5.69 Å². The van der Waals surface area contributed by atoms with Crippen LogP contribution in [0.1, 0.15) is 122 Å². The fraction of sp³-hybridized carbons (Fsp3) is 0.667. The van der Waals surface area contributed by atoms with Gasteiger partial charge in [-0.3, -0.25) is 14.4 Å². The second-order valence-corrected chi connectivity index (χ2v) is 12.5. The van der Waals surface area contributed by atoms with Crippen molar-refractivity contribution in [2.24, 2.45) is 0 Å². The van der Waals surface area contributed by atoms with E-state index >= 15 is 0 Å². The molecule has 0 spiro atoms. The van der Waals surface area contributed by atoms with Crippen molar-refractivity contribution in [1.29, 1.82) is 0 Å². The van der Waals surface area contributed by atoms with Crippen molar-refractivity contribution in [3.8, 4) is 0 Å². The third-order valence-electron chi connectivity index (χ3n) is 6.73. The van der Waals surface area contributed by atoms with E-state index in [2.05, 4.69) is 11.6 Å². The number of amides is 1. The fourth-order valence-corrected chi connectivity index (χ4v) is 5.29. The summed E-state index contributed by atoms with van der Waals surface area (Å²) in [5.41, 5.74) is 3.31. The highest BCUT2D eigenvalue weighted by atomic mass is 32.2. The number of hydrogen-bond acceptors (Lipinski definition) is 8. The van der Waals surface area contributed by atoms with Crippen molar-refractivity contribution in [2.75, 3.05) is 5.73 Å². The second kappa shape index (κ2) is 22.4. The Morgan fingerprint density at radius 3 is 1.42 bits per heavy atom. The molecule has 1 aromatic rings. The first kappa shape index (κ1) is 39.8. The lowest BCUT2D eigenvalue weighted by molar-refractivity contribution is -0.170. The summed E-state index contributed by atoms with van der Waals surface area (Å²) in [5, 5.41) is 33.8. The number of aliphatic hydroxyl groups is 1. The Morgan fingerprint density at radius 1 is 0.698 bits per heavy atom. The predicted molar refractivity (Wildman–Crippen MR) is 163 cm³/mol. The maximum atomic E-state index is 12.1. The number of nitrogen functional groups attached to an aromatic ring is 1. The Kier molecular flexibility index (Phi) is 20.7. The van der Waals surface area contributed by atoms with Gasteiger partial charge in [0.15, 0.2) is 5.60 Å². The Balaban J connectivity index is 0.00000114. The molecule has 0 aliphatic heterocycles. The van der Waals surface area contributed by atoms with Crippen LogP contribution in [0.5, 0.6) is 0 Å². The third-order valence-corrected chi connectivity index (χ3v) is 8.12. The van der Waals surface area contributed by atoms with Gasteiger partial charge in [-0.2, -0.15) is 0 Å². The van der Waals surface area contributed by atoms with Crippen molar-refractivity contribution in [3.63, 3.8) is 0 Å². The fourth-order valence-electron chi connectivity index (χ4n) is 4.28. The molecular formula is C30H50N2O10S. The molecule has 0 unspecified atom stereocenters. The molecule has 0 aliphatic carbocycles. The quantitative estimate of drug-likeness (QED) is 0.0690. The number of carboxylic acids is 3. The molecule has 0 atom stereocenters. The molecule has 0 saturated carbocycles. The van der Waals surface area contributed by atoms with Gasteiger partial charge in [0.2, 0.25) is 5.91 Å². The molecule has 0 bridgehead atoms. The molecule has 1 aromatic carbocycles. The molecule has 0 heterocycles. The number of nitrogens with two attached hydrogens (primary N) is 1. The van der Waals surface area contributed by atoms with Crippen LogP contribution in [0.15, 0.2) is 29.2 Å². The van der Waals surface area contributed by atoms with Crippen LogP contribution in [0, 0.1) is 0 Å². The first-order valence-electron chi connectivity index (χ1n) is 15.0. The van der Waals surface area contributed by atoms with Crippen LogP contribution in [-0.2, 0) is 29.2 Å². The molecule has 43 heavy (non-hydrogen) atoms. The van der Waals surface area contributed by atoms with E-state index in [0.29, 0.717) is 5.69 Å². The number of rotatable bonds is 23. The number of nitrogens with one attached hydrogen (secondary N) is 1. The lowest BCUT2D eigenvalue weighted by Crippen LogP contribution is -2.42. The van der Waals surface area contributed by atoms with Gasteiger partial charge in [0.1, 0.15) is 0 Å². The first-order chi connectivity index (χ1) is 20.2. The molecule has 12 nitrogen and oxygen atoms in total. The second-order valence-electron chi connectivity index (χ2n) is 10.8. The minimum atomic E-state index is -3.80. The normalized spacial score (nSPS) is 11.3. The Labute approximate surface area is 255 Å². The van der Waals surface area contributed by atoms with E-state index in [0.717, 1.165) is 19.3 Å². The summed E-state index contributed by atoms with van der Waals surface area (Å²) >= 11 is 0. The summed E-state index contributed by atoms with van der Waals surface area (Å²) in [5.74, 6) is -5.46. The van der Waals surface area contributed by atoms with Crippen molar-refractivity contribution in [1.82, 2.24) is 4.72 Å². The Morgan fingerprint density at radius 2 is 1.07 bits per heavy atom. The van der Waals surface area contributed by atoms with E-state index in [1.165, 1.54) is 101 Å². The maximum absolute atomic E-state index is 12.1. The number of benzene rings is 1. The summed E-state index contributed by atoms with van der Waals surface area (Å²) in [6.45, 7) is 2.26. The topological polar surface area (TPSA) is 221 Å². The van der Waals surface area contributed by atoms with Gasteiger partial charge in [0.25, 0.3) is 10.0 Å². The number of anilines is 1. The zero-order valence-electron chi connectivity index (χ0n) is 25.3. The number of carbonyl (C=O) groups excluding carboxylic acids is 1. The highest BCUT2D eigenvalue weighted by molar-refractivity contribution is 7.90. The summed E-state index contributed by atoms with van der Waals surface area (Å²) in [6, 6.07) is 5.82. The van der Waals surface area contributed by atoms with Gasteiger partial charge in [-0.25, -0.2) is 17.9 Å². The van der Waals surface area contributed by atoms with E-state index in [1.807, 2.05) is 0 Å². The predicted octanol–water partition coefficient (Wildman–Crippen LogP) is 5.09. The standard InChI is InChI=1S/C24H42N2O3S.C6H8O7/c1-2-3-4-5-6-7-8-9-10-11-12-13-14-15-16-17-24(27)26-30(28,29)23-20-18-22(25)19-21-23;7-3(8)1-6(13,5(11)12)2-4(9)10/h18-21H,2-17,25H2,1H3,(H,26,27);13H,1-2H2,(H,7,8)(H,9,10)(H,11,12). The molecule has 0 aliphatic rings. The monoisotopic (exact) mass is 630 g/mol. The van der Waals surface area contributed by atoms with Gasteiger partial charge in [-0.05, 0) is 30.7 Å². The number of carboxylic acid groups (broad SMARTS) is 3. The van der Waals surface area contributed by atoms with Crippen LogP contribution in [-0.4, -0.2) is 58.3 Å². The van der Waals surface area contributed by atoms with Crippen LogP contribution < -0.4 is 10.5 Å². The average Bonchev–Trinajstić information content (AvgIpc) is 2.90. The summed E-state index contributed by atoms with van der Waals surface area (Å²) < 4.78 is 26.4.